The van der Waals surface area contributed by atoms with Crippen LogP contribution in [-0.4, -0.2) is 27.2 Å². The van der Waals surface area contributed by atoms with E-state index in [0.29, 0.717) is 26.2 Å². The molecule has 0 aliphatic carbocycles. The number of ether oxygens (including phenoxy) is 2. The lowest BCUT2D eigenvalue weighted by atomic mass is 10.2. The van der Waals surface area contributed by atoms with Gasteiger partial charge in [0.1, 0.15) is 11.5 Å². The highest BCUT2D eigenvalue weighted by Crippen LogP contribution is 2.40. The van der Waals surface area contributed by atoms with Gasteiger partial charge >= 0.3 is 5.69 Å². The number of carbonyl (C=O) groups excluding carboxylic acids is 1. The van der Waals surface area contributed by atoms with Crippen LogP contribution in [0.1, 0.15) is 5.56 Å². The molecule has 1 amide bonds. The third-order valence-corrected chi connectivity index (χ3v) is 6.16. The van der Waals surface area contributed by atoms with Crippen molar-refractivity contribution in [2.45, 2.75) is 0 Å². The van der Waals surface area contributed by atoms with Gasteiger partial charge in [0.25, 0.3) is 11.6 Å². The average Bonchev–Trinajstić information content (AvgIpc) is 3.11. The van der Waals surface area contributed by atoms with Gasteiger partial charge in [0.2, 0.25) is 5.75 Å². The number of thioether (sulfide) groups is 1. The second-order valence-corrected chi connectivity index (χ2v) is 8.71. The van der Waals surface area contributed by atoms with Crippen LogP contribution in [0.4, 0.5) is 17.1 Å². The Morgan fingerprint density at radius 3 is 2.46 bits per heavy atom. The van der Waals surface area contributed by atoms with E-state index < -0.39 is 21.2 Å². The van der Waals surface area contributed by atoms with E-state index in [1.54, 1.807) is 54.6 Å². The summed E-state index contributed by atoms with van der Waals surface area (Å²) in [6.45, 7) is 0. The normalized spacial score (nSPS) is 14.3. The van der Waals surface area contributed by atoms with Crippen molar-refractivity contribution >= 4 is 57.3 Å². The Hall–Kier alpha value is -4.29. The molecule has 0 aromatic heterocycles. The predicted octanol–water partition coefficient (Wildman–Crippen LogP) is 5.71. The maximum atomic E-state index is 13.1. The van der Waals surface area contributed by atoms with E-state index in [-0.39, 0.29) is 17.4 Å². The van der Waals surface area contributed by atoms with Gasteiger partial charge in [0.15, 0.2) is 4.32 Å². The molecule has 0 unspecified atom stereocenters. The number of carbonyl (C=O) groups is 1. The lowest BCUT2D eigenvalue weighted by molar-refractivity contribution is -0.394. The summed E-state index contributed by atoms with van der Waals surface area (Å²) >= 11 is 6.55. The SMILES string of the molecule is COc1ccccc1N1C(=O)/C(=C\c2cccc(Oc3ccc([N+](=O)[O-])cc3[N+](=O)[O-])c2)SC1=S. The van der Waals surface area contributed by atoms with E-state index in [2.05, 4.69) is 0 Å². The van der Waals surface area contributed by atoms with Crippen molar-refractivity contribution in [3.8, 4) is 17.2 Å². The number of hydrogen-bond acceptors (Lipinski definition) is 9. The maximum Gasteiger partial charge on any atom is 0.318 e. The highest BCUT2D eigenvalue weighted by Gasteiger charge is 2.34. The van der Waals surface area contributed by atoms with E-state index in [1.165, 1.54) is 18.1 Å². The minimum atomic E-state index is -0.755. The van der Waals surface area contributed by atoms with Crippen molar-refractivity contribution in [2.24, 2.45) is 0 Å². The summed E-state index contributed by atoms with van der Waals surface area (Å²) in [6.07, 6.45) is 1.63. The number of hydrogen-bond donors (Lipinski definition) is 0. The van der Waals surface area contributed by atoms with Crippen LogP contribution >= 0.6 is 24.0 Å². The van der Waals surface area contributed by atoms with E-state index in [9.17, 15) is 25.0 Å². The van der Waals surface area contributed by atoms with Crippen LogP contribution in [0, 0.1) is 20.2 Å². The first-order valence-electron chi connectivity index (χ1n) is 9.90. The third kappa shape index (κ3) is 4.98. The number of nitro benzene ring substituents is 2. The van der Waals surface area contributed by atoms with Crippen molar-refractivity contribution in [3.63, 3.8) is 0 Å². The quantitative estimate of drug-likeness (QED) is 0.170. The largest absolute Gasteiger partial charge is 0.495 e. The van der Waals surface area contributed by atoms with E-state index in [4.69, 9.17) is 21.7 Å². The molecule has 0 radical (unpaired) electrons. The Labute approximate surface area is 208 Å². The van der Waals surface area contributed by atoms with Crippen molar-refractivity contribution in [2.75, 3.05) is 12.0 Å². The zero-order valence-electron chi connectivity index (χ0n) is 17.9. The fourth-order valence-electron chi connectivity index (χ4n) is 3.28. The smallest absolute Gasteiger partial charge is 0.318 e. The van der Waals surface area contributed by atoms with Gasteiger partial charge in [-0.25, -0.2) is 0 Å². The van der Waals surface area contributed by atoms with Crippen LogP contribution in [0.5, 0.6) is 17.2 Å². The number of nitrogens with zero attached hydrogens (tertiary/aromatic N) is 3. The molecular weight excluding hydrogens is 494 g/mol. The molecule has 1 heterocycles. The predicted molar refractivity (Wildman–Crippen MR) is 135 cm³/mol. The van der Waals surface area contributed by atoms with Crippen LogP contribution in [0.15, 0.2) is 71.6 Å². The molecule has 1 aliphatic heterocycles. The first-order valence-corrected chi connectivity index (χ1v) is 11.1. The third-order valence-electron chi connectivity index (χ3n) is 4.85. The van der Waals surface area contributed by atoms with Gasteiger partial charge in [-0.15, -0.1) is 0 Å². The molecule has 176 valence electrons. The van der Waals surface area contributed by atoms with Gasteiger partial charge < -0.3 is 9.47 Å². The first-order chi connectivity index (χ1) is 16.8. The Bertz CT molecular complexity index is 1410. The summed E-state index contributed by atoms with van der Waals surface area (Å²) < 4.78 is 11.3. The zero-order chi connectivity index (χ0) is 25.1. The minimum absolute atomic E-state index is 0.153. The number of para-hydroxylation sites is 2. The van der Waals surface area contributed by atoms with Crippen LogP contribution < -0.4 is 14.4 Å². The van der Waals surface area contributed by atoms with Crippen LogP contribution in [0.2, 0.25) is 0 Å². The van der Waals surface area contributed by atoms with E-state index >= 15 is 0 Å². The fraction of sp³-hybridized carbons (Fsp3) is 0.0435. The minimum Gasteiger partial charge on any atom is -0.495 e. The fourth-order valence-corrected chi connectivity index (χ4v) is 4.57. The molecular formula is C23H15N3O7S2. The number of methoxy groups -OCH3 is 1. The standard InChI is InChI=1S/C23H15N3O7S2/c1-32-19-8-3-2-7-17(19)24-22(27)21(35-23(24)34)12-14-5-4-6-16(11-14)33-20-10-9-15(25(28)29)13-18(20)26(30)31/h2-13H,1H3/b21-12+. The number of non-ortho nitro benzene ring substituents is 1. The molecule has 1 aliphatic rings. The molecule has 0 saturated carbocycles. The van der Waals surface area contributed by atoms with Crippen LogP contribution in [0.25, 0.3) is 6.08 Å². The topological polar surface area (TPSA) is 125 Å². The summed E-state index contributed by atoms with van der Waals surface area (Å²) in [5.74, 6) is 0.281. The maximum absolute atomic E-state index is 13.1. The van der Waals surface area contributed by atoms with Gasteiger partial charge in [-0.2, -0.15) is 0 Å². The number of anilines is 1. The molecule has 0 N–H and O–H groups in total. The van der Waals surface area contributed by atoms with E-state index in [1.807, 2.05) is 0 Å². The highest BCUT2D eigenvalue weighted by atomic mass is 32.2. The lowest BCUT2D eigenvalue weighted by Crippen LogP contribution is -2.27. The summed E-state index contributed by atoms with van der Waals surface area (Å²) in [4.78, 5) is 35.7. The molecule has 1 saturated heterocycles. The number of nitro groups is 2. The van der Waals surface area contributed by atoms with Crippen LogP contribution in [-0.2, 0) is 4.79 Å². The van der Waals surface area contributed by atoms with Crippen molar-refractivity contribution in [1.29, 1.82) is 0 Å². The molecule has 0 bridgehead atoms. The number of amides is 1. The van der Waals surface area contributed by atoms with Gasteiger partial charge in [-0.05, 0) is 42.0 Å². The number of benzene rings is 3. The molecule has 1 fully saturated rings. The summed E-state index contributed by atoms with van der Waals surface area (Å²) in [5, 5.41) is 22.3. The number of thiocarbonyl (C=S) groups is 1. The lowest BCUT2D eigenvalue weighted by Gasteiger charge is -2.17. The van der Waals surface area contributed by atoms with Gasteiger partial charge in [0.05, 0.1) is 33.6 Å². The van der Waals surface area contributed by atoms with Crippen molar-refractivity contribution in [3.05, 3.63) is 97.4 Å². The molecule has 0 spiro atoms. The molecule has 0 atom stereocenters. The van der Waals surface area contributed by atoms with Gasteiger partial charge in [-0.1, -0.05) is 48.2 Å². The molecule has 4 rings (SSSR count). The van der Waals surface area contributed by atoms with Crippen LogP contribution in [0.3, 0.4) is 0 Å². The molecule has 3 aromatic rings. The molecule has 12 heteroatoms. The average molecular weight is 510 g/mol. The molecule has 10 nitrogen and oxygen atoms in total. The first kappa shape index (κ1) is 23.9. The van der Waals surface area contributed by atoms with Gasteiger partial charge in [0, 0.05) is 6.07 Å². The highest BCUT2D eigenvalue weighted by molar-refractivity contribution is 8.27. The van der Waals surface area contributed by atoms with Gasteiger partial charge in [-0.3, -0.25) is 29.9 Å². The van der Waals surface area contributed by atoms with Crippen molar-refractivity contribution in [1.82, 2.24) is 0 Å². The van der Waals surface area contributed by atoms with E-state index in [0.717, 1.165) is 23.9 Å². The molecule has 3 aromatic carbocycles. The van der Waals surface area contributed by atoms with Crippen molar-refractivity contribution < 1.29 is 24.1 Å². The Morgan fingerprint density at radius 1 is 0.971 bits per heavy atom. The Morgan fingerprint density at radius 2 is 1.74 bits per heavy atom. The summed E-state index contributed by atoms with van der Waals surface area (Å²) in [7, 11) is 1.51. The molecule has 35 heavy (non-hydrogen) atoms. The zero-order valence-corrected chi connectivity index (χ0v) is 19.6. The monoisotopic (exact) mass is 509 g/mol. The number of rotatable bonds is 7. The second-order valence-electron chi connectivity index (χ2n) is 7.03. The second kappa shape index (κ2) is 9.91. The summed E-state index contributed by atoms with van der Waals surface area (Å²) in [5.41, 5.74) is 0.160. The Balaban J connectivity index is 1.61. The summed E-state index contributed by atoms with van der Waals surface area (Å²) in [6, 6.07) is 16.7. The Kier molecular flexibility index (Phi) is 6.75.